The maximum Gasteiger partial charge on any atom is 0.326 e. The Morgan fingerprint density at radius 1 is 1.00 bits per heavy atom. The lowest BCUT2D eigenvalue weighted by Crippen LogP contribution is -2.46. The minimum Gasteiger partial charge on any atom is -0.480 e. The van der Waals surface area contributed by atoms with Gasteiger partial charge in [0.15, 0.2) is 0 Å². The normalized spacial score (nSPS) is 12.2. The number of carbonyl (C=O) groups excluding carboxylic acids is 1. The molecule has 2 amide bonds. The van der Waals surface area contributed by atoms with E-state index in [4.69, 9.17) is 5.11 Å². The fourth-order valence-electron chi connectivity index (χ4n) is 2.11. The van der Waals surface area contributed by atoms with Gasteiger partial charge in [0.1, 0.15) is 6.04 Å². The van der Waals surface area contributed by atoms with Crippen LogP contribution in [0.25, 0.3) is 0 Å². The second kappa shape index (κ2) is 12.5. The van der Waals surface area contributed by atoms with Crippen molar-refractivity contribution in [2.75, 3.05) is 6.54 Å². The van der Waals surface area contributed by atoms with Gasteiger partial charge in [-0.2, -0.15) is 0 Å². The standard InChI is InChI=1S/C16H32N2O3/c1-4-5-11-14(15(19)20)18-16(21)17-12-9-7-6-8-10-13(2)3/h13-14H,4-12H2,1-3H3,(H,19,20)(H2,17,18,21)/t14-/m0/s1. The summed E-state index contributed by atoms with van der Waals surface area (Å²) in [5.74, 6) is -0.211. The van der Waals surface area contributed by atoms with E-state index in [0.29, 0.717) is 13.0 Å². The number of hydrogen-bond acceptors (Lipinski definition) is 2. The Kier molecular flexibility index (Phi) is 11.7. The van der Waals surface area contributed by atoms with E-state index in [1.54, 1.807) is 0 Å². The van der Waals surface area contributed by atoms with Crippen molar-refractivity contribution in [1.29, 1.82) is 0 Å². The van der Waals surface area contributed by atoms with E-state index in [-0.39, 0.29) is 6.03 Å². The Hall–Kier alpha value is -1.26. The number of carbonyl (C=O) groups is 2. The van der Waals surface area contributed by atoms with Crippen LogP contribution in [0.3, 0.4) is 0 Å². The van der Waals surface area contributed by atoms with Crippen LogP contribution < -0.4 is 10.6 Å². The fraction of sp³-hybridized carbons (Fsp3) is 0.875. The molecule has 0 saturated heterocycles. The van der Waals surface area contributed by atoms with E-state index in [2.05, 4.69) is 24.5 Å². The summed E-state index contributed by atoms with van der Waals surface area (Å²) < 4.78 is 0. The molecule has 1 atom stereocenters. The fourth-order valence-corrected chi connectivity index (χ4v) is 2.11. The Balaban J connectivity index is 3.66. The lowest BCUT2D eigenvalue weighted by molar-refractivity contribution is -0.139. The molecule has 0 unspecified atom stereocenters. The molecule has 3 N–H and O–H groups in total. The molecule has 21 heavy (non-hydrogen) atoms. The number of nitrogens with one attached hydrogen (secondary N) is 2. The van der Waals surface area contributed by atoms with Crippen LogP contribution in [0.4, 0.5) is 4.79 Å². The molecule has 5 nitrogen and oxygen atoms in total. The van der Waals surface area contributed by atoms with Crippen molar-refractivity contribution >= 4 is 12.0 Å². The molecular formula is C16H32N2O3. The first kappa shape index (κ1) is 19.7. The maximum absolute atomic E-state index is 11.6. The second-order valence-electron chi connectivity index (χ2n) is 6.03. The molecule has 0 heterocycles. The highest BCUT2D eigenvalue weighted by Gasteiger charge is 2.18. The van der Waals surface area contributed by atoms with Crippen LogP contribution in [0, 0.1) is 5.92 Å². The number of hydrogen-bond donors (Lipinski definition) is 3. The molecule has 0 radical (unpaired) electrons. The topological polar surface area (TPSA) is 78.4 Å². The highest BCUT2D eigenvalue weighted by molar-refractivity contribution is 5.82. The molecule has 5 heteroatoms. The van der Waals surface area contributed by atoms with Gasteiger partial charge in [0.05, 0.1) is 0 Å². The maximum atomic E-state index is 11.6. The van der Waals surface area contributed by atoms with Crippen molar-refractivity contribution in [3.05, 3.63) is 0 Å². The summed E-state index contributed by atoms with van der Waals surface area (Å²) in [6, 6.07) is -1.16. The van der Waals surface area contributed by atoms with Crippen LogP contribution in [-0.4, -0.2) is 29.7 Å². The van der Waals surface area contributed by atoms with Crippen molar-refractivity contribution in [2.24, 2.45) is 5.92 Å². The van der Waals surface area contributed by atoms with Crippen molar-refractivity contribution in [3.8, 4) is 0 Å². The molecule has 0 aromatic heterocycles. The predicted molar refractivity (Wildman–Crippen MR) is 85.4 cm³/mol. The van der Waals surface area contributed by atoms with Gasteiger partial charge in [-0.25, -0.2) is 9.59 Å². The van der Waals surface area contributed by atoms with Crippen LogP contribution in [0.1, 0.15) is 72.1 Å². The molecule has 0 bridgehead atoms. The van der Waals surface area contributed by atoms with Crippen LogP contribution >= 0.6 is 0 Å². The smallest absolute Gasteiger partial charge is 0.326 e. The predicted octanol–water partition coefficient (Wildman–Crippen LogP) is 3.54. The van der Waals surface area contributed by atoms with E-state index < -0.39 is 12.0 Å². The molecule has 0 aliphatic heterocycles. The summed E-state index contributed by atoms with van der Waals surface area (Å²) in [6.07, 6.45) is 7.93. The molecule has 0 rings (SSSR count). The van der Waals surface area contributed by atoms with Crippen molar-refractivity contribution in [1.82, 2.24) is 10.6 Å². The Bertz CT molecular complexity index is 293. The van der Waals surface area contributed by atoms with Crippen LogP contribution in [0.5, 0.6) is 0 Å². The van der Waals surface area contributed by atoms with E-state index in [9.17, 15) is 9.59 Å². The third-order valence-corrected chi connectivity index (χ3v) is 3.44. The molecule has 0 aromatic carbocycles. The first-order valence-electron chi connectivity index (χ1n) is 8.24. The Morgan fingerprint density at radius 2 is 1.67 bits per heavy atom. The lowest BCUT2D eigenvalue weighted by Gasteiger charge is -2.14. The van der Waals surface area contributed by atoms with Gasteiger partial charge in [-0.05, 0) is 18.8 Å². The summed E-state index contributed by atoms with van der Waals surface area (Å²) >= 11 is 0. The van der Waals surface area contributed by atoms with Gasteiger partial charge in [-0.3, -0.25) is 0 Å². The zero-order valence-electron chi connectivity index (χ0n) is 13.8. The molecule has 0 aromatic rings. The molecule has 0 saturated carbocycles. The quantitative estimate of drug-likeness (QED) is 0.482. The molecule has 0 aliphatic carbocycles. The number of unbranched alkanes of at least 4 members (excludes halogenated alkanes) is 4. The van der Waals surface area contributed by atoms with Crippen LogP contribution in [-0.2, 0) is 4.79 Å². The van der Waals surface area contributed by atoms with E-state index >= 15 is 0 Å². The number of carboxylic acids is 1. The van der Waals surface area contributed by atoms with Gasteiger partial charge >= 0.3 is 12.0 Å². The van der Waals surface area contributed by atoms with E-state index in [1.807, 2.05) is 6.92 Å². The van der Waals surface area contributed by atoms with Gasteiger partial charge in [0, 0.05) is 6.54 Å². The first-order chi connectivity index (χ1) is 9.97. The average Bonchev–Trinajstić information content (AvgIpc) is 2.41. The summed E-state index contributed by atoms with van der Waals surface area (Å²) in [7, 11) is 0. The summed E-state index contributed by atoms with van der Waals surface area (Å²) in [4.78, 5) is 22.6. The van der Waals surface area contributed by atoms with Gasteiger partial charge in [-0.15, -0.1) is 0 Å². The van der Waals surface area contributed by atoms with Crippen molar-refractivity contribution in [2.45, 2.75) is 78.2 Å². The summed E-state index contributed by atoms with van der Waals surface area (Å²) in [6.45, 7) is 7.05. The van der Waals surface area contributed by atoms with Crippen molar-refractivity contribution < 1.29 is 14.7 Å². The molecule has 124 valence electrons. The number of carboxylic acid groups (broad SMARTS) is 1. The largest absolute Gasteiger partial charge is 0.480 e. The number of aliphatic carboxylic acids is 1. The van der Waals surface area contributed by atoms with Crippen LogP contribution in [0.15, 0.2) is 0 Å². The minimum atomic E-state index is -0.965. The van der Waals surface area contributed by atoms with Gasteiger partial charge in [0.2, 0.25) is 0 Å². The monoisotopic (exact) mass is 300 g/mol. The zero-order chi connectivity index (χ0) is 16.1. The SMILES string of the molecule is CCCC[C@H](NC(=O)NCCCCCCC(C)C)C(=O)O. The summed E-state index contributed by atoms with van der Waals surface area (Å²) in [5.41, 5.74) is 0. The minimum absolute atomic E-state index is 0.374. The van der Waals surface area contributed by atoms with Crippen LogP contribution in [0.2, 0.25) is 0 Å². The summed E-state index contributed by atoms with van der Waals surface area (Å²) in [5, 5.41) is 14.3. The molecular weight excluding hydrogens is 268 g/mol. The number of rotatable bonds is 12. The third-order valence-electron chi connectivity index (χ3n) is 3.44. The first-order valence-corrected chi connectivity index (χ1v) is 8.24. The Labute approximate surface area is 128 Å². The number of amides is 2. The molecule has 0 fully saturated rings. The second-order valence-corrected chi connectivity index (χ2v) is 6.03. The molecule has 0 aliphatic rings. The van der Waals surface area contributed by atoms with Gasteiger partial charge in [-0.1, -0.05) is 59.3 Å². The number of urea groups is 1. The van der Waals surface area contributed by atoms with Gasteiger partial charge < -0.3 is 15.7 Å². The zero-order valence-corrected chi connectivity index (χ0v) is 13.8. The van der Waals surface area contributed by atoms with Gasteiger partial charge in [0.25, 0.3) is 0 Å². The van der Waals surface area contributed by atoms with E-state index in [1.165, 1.54) is 19.3 Å². The lowest BCUT2D eigenvalue weighted by atomic mass is 10.0. The Morgan fingerprint density at radius 3 is 2.24 bits per heavy atom. The van der Waals surface area contributed by atoms with Crippen molar-refractivity contribution in [3.63, 3.8) is 0 Å². The third kappa shape index (κ3) is 12.2. The molecule has 0 spiro atoms. The highest BCUT2D eigenvalue weighted by atomic mass is 16.4. The van der Waals surface area contributed by atoms with E-state index in [0.717, 1.165) is 31.6 Å². The average molecular weight is 300 g/mol. The highest BCUT2D eigenvalue weighted by Crippen LogP contribution is 2.08.